The van der Waals surface area contributed by atoms with Crippen LogP contribution in [0.5, 0.6) is 5.19 Å². The Morgan fingerprint density at radius 1 is 1.38 bits per heavy atom. The number of aromatic nitrogens is 2. The van der Waals surface area contributed by atoms with Gasteiger partial charge in [0.25, 0.3) is 5.19 Å². The Kier molecular flexibility index (Phi) is 3.47. The zero-order valence-corrected chi connectivity index (χ0v) is 13.8. The number of hydrogen-bond acceptors (Lipinski definition) is 6. The number of hydrogen-bond donors (Lipinski definition) is 0. The molecule has 3 atom stereocenters. The van der Waals surface area contributed by atoms with Crippen LogP contribution in [0.2, 0.25) is 0 Å². The fraction of sp³-hybridized carbons (Fsp3) is 0.800. The first-order valence-electron chi connectivity index (χ1n) is 7.55. The molecule has 2 fully saturated rings. The van der Waals surface area contributed by atoms with Gasteiger partial charge in [-0.1, -0.05) is 25.9 Å². The van der Waals surface area contributed by atoms with Crippen LogP contribution in [0.1, 0.15) is 56.8 Å². The summed E-state index contributed by atoms with van der Waals surface area (Å²) in [5.74, 6) is 0.286. The lowest BCUT2D eigenvalue weighted by Gasteiger charge is -2.38. The van der Waals surface area contributed by atoms with Gasteiger partial charge in [0.15, 0.2) is 0 Å². The number of rotatable bonds is 4. The van der Waals surface area contributed by atoms with Crippen molar-refractivity contribution < 1.29 is 14.3 Å². The normalized spacial score (nSPS) is 33.1. The van der Waals surface area contributed by atoms with Crippen LogP contribution in [0.3, 0.4) is 0 Å². The monoisotopic (exact) mass is 310 g/mol. The summed E-state index contributed by atoms with van der Waals surface area (Å²) in [6.07, 6.45) is 3.71. The molecule has 1 aromatic rings. The van der Waals surface area contributed by atoms with Crippen molar-refractivity contribution in [3.8, 4) is 5.19 Å². The van der Waals surface area contributed by atoms with Crippen LogP contribution < -0.4 is 4.74 Å². The molecule has 21 heavy (non-hydrogen) atoms. The molecule has 3 unspecified atom stereocenters. The lowest BCUT2D eigenvalue weighted by atomic mass is 9.70. The lowest BCUT2D eigenvalue weighted by molar-refractivity contribution is 0.0296. The van der Waals surface area contributed by atoms with E-state index in [1.807, 2.05) is 0 Å². The average Bonchev–Trinajstić information content (AvgIpc) is 3.02. The molecule has 0 aromatic carbocycles. The van der Waals surface area contributed by atoms with E-state index in [2.05, 4.69) is 31.0 Å². The summed E-state index contributed by atoms with van der Waals surface area (Å²) < 4.78 is 11.0. The summed E-state index contributed by atoms with van der Waals surface area (Å²) in [7, 11) is 0. The van der Waals surface area contributed by atoms with Gasteiger partial charge < -0.3 is 9.47 Å². The van der Waals surface area contributed by atoms with Gasteiger partial charge in [-0.15, -0.1) is 5.10 Å². The minimum Gasteiger partial charge on any atom is -0.465 e. The number of carbonyl (C=O) groups is 1. The predicted molar refractivity (Wildman–Crippen MR) is 79.5 cm³/mol. The lowest BCUT2D eigenvalue weighted by Crippen LogP contribution is -2.38. The van der Waals surface area contributed by atoms with Crippen LogP contribution >= 0.6 is 11.3 Å². The molecule has 0 saturated heterocycles. The third-order valence-electron chi connectivity index (χ3n) is 5.81. The first kappa shape index (κ1) is 14.8. The second-order valence-corrected chi connectivity index (χ2v) is 7.75. The molecule has 1 heterocycles. The summed E-state index contributed by atoms with van der Waals surface area (Å²) in [5.41, 5.74) is 0.472. The van der Waals surface area contributed by atoms with E-state index in [9.17, 15) is 4.79 Å². The minimum absolute atomic E-state index is 0.161. The molecule has 3 rings (SSSR count). The van der Waals surface area contributed by atoms with E-state index in [0.29, 0.717) is 23.1 Å². The van der Waals surface area contributed by atoms with Gasteiger partial charge in [0.2, 0.25) is 5.01 Å². The maximum absolute atomic E-state index is 11.6. The molecule has 2 aliphatic rings. The molecule has 2 saturated carbocycles. The van der Waals surface area contributed by atoms with Gasteiger partial charge in [-0.2, -0.15) is 0 Å². The fourth-order valence-electron chi connectivity index (χ4n) is 3.96. The second kappa shape index (κ2) is 4.93. The standard InChI is InChI=1S/C15H22N2O3S/c1-5-19-12(18)11-16-17-13(21-11)20-10-8-9-6-7-15(10,4)14(9,2)3/h9-10H,5-8H2,1-4H3. The molecule has 1 aromatic heterocycles. The zero-order chi connectivity index (χ0) is 15.3. The first-order valence-corrected chi connectivity index (χ1v) is 8.37. The third kappa shape index (κ3) is 2.15. The maximum Gasteiger partial charge on any atom is 0.369 e. The number of ether oxygens (including phenoxy) is 2. The molecule has 0 radical (unpaired) electrons. The Morgan fingerprint density at radius 2 is 2.14 bits per heavy atom. The molecular weight excluding hydrogens is 288 g/mol. The zero-order valence-electron chi connectivity index (χ0n) is 13.0. The highest BCUT2D eigenvalue weighted by molar-refractivity contribution is 7.14. The van der Waals surface area contributed by atoms with Gasteiger partial charge in [-0.25, -0.2) is 4.79 Å². The molecule has 5 nitrogen and oxygen atoms in total. The quantitative estimate of drug-likeness (QED) is 0.798. The van der Waals surface area contributed by atoms with Gasteiger partial charge in [-0.3, -0.25) is 0 Å². The Hall–Kier alpha value is -1.17. The van der Waals surface area contributed by atoms with Crippen molar-refractivity contribution in [3.63, 3.8) is 0 Å². The van der Waals surface area contributed by atoms with E-state index in [1.54, 1.807) is 6.92 Å². The molecule has 0 amide bonds. The topological polar surface area (TPSA) is 61.3 Å². The maximum atomic E-state index is 11.6. The summed E-state index contributed by atoms with van der Waals surface area (Å²) >= 11 is 1.17. The van der Waals surface area contributed by atoms with Crippen molar-refractivity contribution in [2.24, 2.45) is 16.7 Å². The fourth-order valence-corrected chi connectivity index (χ4v) is 4.60. The predicted octanol–water partition coefficient (Wildman–Crippen LogP) is 3.31. The van der Waals surface area contributed by atoms with Crippen LogP contribution in [0, 0.1) is 16.7 Å². The highest BCUT2D eigenvalue weighted by Crippen LogP contribution is 2.66. The van der Waals surface area contributed by atoms with Crippen LogP contribution in [-0.4, -0.2) is 28.9 Å². The molecular formula is C15H22N2O3S. The third-order valence-corrected chi connectivity index (χ3v) is 6.61. The SMILES string of the molecule is CCOC(=O)c1nnc(OC2CC3CCC2(C)C3(C)C)s1. The van der Waals surface area contributed by atoms with Crippen molar-refractivity contribution >= 4 is 17.3 Å². The largest absolute Gasteiger partial charge is 0.465 e. The summed E-state index contributed by atoms with van der Waals surface area (Å²) in [5, 5.41) is 8.60. The number of esters is 1. The van der Waals surface area contributed by atoms with Crippen LogP contribution in [0.4, 0.5) is 0 Å². The Morgan fingerprint density at radius 3 is 2.71 bits per heavy atom. The Balaban J connectivity index is 1.73. The van der Waals surface area contributed by atoms with E-state index >= 15 is 0 Å². The minimum atomic E-state index is -0.427. The van der Waals surface area contributed by atoms with Crippen molar-refractivity contribution in [2.45, 2.75) is 53.1 Å². The summed E-state index contributed by atoms with van der Waals surface area (Å²) in [6.45, 7) is 9.12. The van der Waals surface area contributed by atoms with Crippen LogP contribution in [0.15, 0.2) is 0 Å². The van der Waals surface area contributed by atoms with Crippen molar-refractivity contribution in [2.75, 3.05) is 6.61 Å². The highest BCUT2D eigenvalue weighted by Gasteiger charge is 2.62. The molecule has 2 aliphatic carbocycles. The van der Waals surface area contributed by atoms with E-state index in [1.165, 1.54) is 24.2 Å². The number of fused-ring (bicyclic) bond motifs is 2. The smallest absolute Gasteiger partial charge is 0.369 e. The second-order valence-electron chi connectivity index (χ2n) is 6.81. The van der Waals surface area contributed by atoms with E-state index < -0.39 is 5.97 Å². The average molecular weight is 310 g/mol. The van der Waals surface area contributed by atoms with Crippen molar-refractivity contribution in [1.82, 2.24) is 10.2 Å². The Labute approximate surface area is 129 Å². The first-order chi connectivity index (χ1) is 9.88. The van der Waals surface area contributed by atoms with Crippen molar-refractivity contribution in [1.29, 1.82) is 0 Å². The highest BCUT2D eigenvalue weighted by atomic mass is 32.1. The van der Waals surface area contributed by atoms with Gasteiger partial charge >= 0.3 is 5.97 Å². The summed E-state index contributed by atoms with van der Waals surface area (Å²) in [4.78, 5) is 11.6. The summed E-state index contributed by atoms with van der Waals surface area (Å²) in [6, 6.07) is 0. The van der Waals surface area contributed by atoms with Gasteiger partial charge in [0, 0.05) is 5.41 Å². The van der Waals surface area contributed by atoms with E-state index in [-0.39, 0.29) is 16.5 Å². The van der Waals surface area contributed by atoms with E-state index in [4.69, 9.17) is 9.47 Å². The number of carbonyl (C=O) groups excluding carboxylic acids is 1. The molecule has 116 valence electrons. The van der Waals surface area contributed by atoms with Crippen LogP contribution in [0.25, 0.3) is 0 Å². The molecule has 0 N–H and O–H groups in total. The van der Waals surface area contributed by atoms with Crippen LogP contribution in [-0.2, 0) is 4.74 Å². The van der Waals surface area contributed by atoms with Gasteiger partial charge in [0.1, 0.15) is 6.10 Å². The number of nitrogens with zero attached hydrogens (tertiary/aromatic N) is 2. The molecule has 6 heteroatoms. The van der Waals surface area contributed by atoms with Crippen molar-refractivity contribution in [3.05, 3.63) is 5.01 Å². The Bertz CT molecular complexity index is 557. The van der Waals surface area contributed by atoms with E-state index in [0.717, 1.165) is 6.42 Å². The molecule has 2 bridgehead atoms. The molecule has 0 aliphatic heterocycles. The van der Waals surface area contributed by atoms with Gasteiger partial charge in [-0.05, 0) is 48.9 Å². The molecule has 0 spiro atoms. The van der Waals surface area contributed by atoms with Gasteiger partial charge in [0.05, 0.1) is 6.61 Å².